The van der Waals surface area contributed by atoms with E-state index >= 15 is 0 Å². The molecule has 2 aromatic rings. The Kier molecular flexibility index (Phi) is 5.14. The Bertz CT molecular complexity index is 789. The van der Waals surface area contributed by atoms with Crippen LogP contribution in [0.4, 0.5) is 11.4 Å². The fraction of sp³-hybridized carbons (Fsp3) is 0.211. The van der Waals surface area contributed by atoms with Crippen LogP contribution in [0.15, 0.2) is 53.5 Å². The summed E-state index contributed by atoms with van der Waals surface area (Å²) in [6.07, 6.45) is 1.63. The Morgan fingerprint density at radius 1 is 1.08 bits per heavy atom. The predicted octanol–water partition coefficient (Wildman–Crippen LogP) is 4.12. The summed E-state index contributed by atoms with van der Waals surface area (Å²) in [5, 5.41) is 11.9. The minimum Gasteiger partial charge on any atom is -0.478 e. The Hall–Kier alpha value is -2.95. The Morgan fingerprint density at radius 3 is 2.46 bits per heavy atom. The summed E-state index contributed by atoms with van der Waals surface area (Å²) >= 11 is 0. The normalized spacial score (nSPS) is 11.5. The summed E-state index contributed by atoms with van der Waals surface area (Å²) in [6.45, 7) is 5.55. The molecule has 1 amide bonds. The molecule has 0 aliphatic carbocycles. The number of amides is 1. The first-order chi connectivity index (χ1) is 11.3. The standard InChI is InChI=1S/C19H20N2O3/c1-19(2,3)18(24)21-16-9-4-6-13(10-16)12-20-15-8-5-7-14(11-15)17(22)23/h4-12H,1-3H3,(H,21,24)(H,22,23). The number of rotatable bonds is 4. The molecule has 0 bridgehead atoms. The van der Waals surface area contributed by atoms with Gasteiger partial charge in [-0.15, -0.1) is 0 Å². The zero-order valence-electron chi connectivity index (χ0n) is 13.9. The molecular weight excluding hydrogens is 304 g/mol. The van der Waals surface area contributed by atoms with E-state index in [1.807, 2.05) is 45.0 Å². The van der Waals surface area contributed by atoms with E-state index < -0.39 is 11.4 Å². The second kappa shape index (κ2) is 7.08. The van der Waals surface area contributed by atoms with Crippen LogP contribution in [0, 0.1) is 5.41 Å². The van der Waals surface area contributed by atoms with Crippen LogP contribution in [0.2, 0.25) is 0 Å². The third-order valence-electron chi connectivity index (χ3n) is 3.28. The second-order valence-electron chi connectivity index (χ2n) is 6.44. The third-order valence-corrected chi connectivity index (χ3v) is 3.28. The summed E-state index contributed by atoms with van der Waals surface area (Å²) in [5.41, 5.74) is 1.77. The number of carbonyl (C=O) groups excluding carboxylic acids is 1. The maximum absolute atomic E-state index is 12.0. The van der Waals surface area contributed by atoms with Gasteiger partial charge in [-0.2, -0.15) is 0 Å². The maximum atomic E-state index is 12.0. The van der Waals surface area contributed by atoms with Crippen molar-refractivity contribution >= 4 is 29.5 Å². The minimum absolute atomic E-state index is 0.0641. The molecule has 5 heteroatoms. The monoisotopic (exact) mass is 324 g/mol. The topological polar surface area (TPSA) is 78.8 Å². The number of aliphatic imine (C=N–C) groups is 1. The number of nitrogens with one attached hydrogen (secondary N) is 1. The average Bonchev–Trinajstić information content (AvgIpc) is 2.52. The van der Waals surface area contributed by atoms with E-state index in [1.54, 1.807) is 18.3 Å². The van der Waals surface area contributed by atoms with Gasteiger partial charge in [-0.05, 0) is 35.9 Å². The summed E-state index contributed by atoms with van der Waals surface area (Å²) in [7, 11) is 0. The van der Waals surface area contributed by atoms with Crippen LogP contribution in [0.1, 0.15) is 36.7 Å². The van der Waals surface area contributed by atoms with Gasteiger partial charge in [-0.25, -0.2) is 4.79 Å². The maximum Gasteiger partial charge on any atom is 0.335 e. The summed E-state index contributed by atoms with van der Waals surface area (Å²) in [6, 6.07) is 13.7. The summed E-state index contributed by atoms with van der Waals surface area (Å²) < 4.78 is 0. The van der Waals surface area contributed by atoms with E-state index in [0.717, 1.165) is 5.56 Å². The van der Waals surface area contributed by atoms with E-state index in [-0.39, 0.29) is 11.5 Å². The molecule has 0 spiro atoms. The number of hydrogen-bond donors (Lipinski definition) is 2. The highest BCUT2D eigenvalue weighted by Crippen LogP contribution is 2.18. The van der Waals surface area contributed by atoms with Crippen LogP contribution in [-0.2, 0) is 4.79 Å². The van der Waals surface area contributed by atoms with Gasteiger partial charge < -0.3 is 10.4 Å². The van der Waals surface area contributed by atoms with Crippen molar-refractivity contribution in [1.29, 1.82) is 0 Å². The van der Waals surface area contributed by atoms with Crippen molar-refractivity contribution < 1.29 is 14.7 Å². The molecule has 2 N–H and O–H groups in total. The molecule has 2 rings (SSSR count). The Labute approximate surface area is 141 Å². The quantitative estimate of drug-likeness (QED) is 0.830. The van der Waals surface area contributed by atoms with Gasteiger partial charge in [0.25, 0.3) is 0 Å². The highest BCUT2D eigenvalue weighted by Gasteiger charge is 2.21. The van der Waals surface area contributed by atoms with E-state index in [2.05, 4.69) is 10.3 Å². The van der Waals surface area contributed by atoms with Gasteiger partial charge in [-0.3, -0.25) is 9.79 Å². The number of aromatic carboxylic acids is 1. The molecule has 0 aliphatic heterocycles. The molecule has 24 heavy (non-hydrogen) atoms. The fourth-order valence-electron chi connectivity index (χ4n) is 1.88. The SMILES string of the molecule is CC(C)(C)C(=O)Nc1cccc(C=Nc2cccc(C(=O)O)c2)c1. The van der Waals surface area contributed by atoms with E-state index in [4.69, 9.17) is 5.11 Å². The van der Waals surface area contributed by atoms with Crippen molar-refractivity contribution in [2.24, 2.45) is 10.4 Å². The molecule has 124 valence electrons. The van der Waals surface area contributed by atoms with Gasteiger partial charge in [0.15, 0.2) is 0 Å². The first kappa shape index (κ1) is 17.4. The molecule has 0 aliphatic rings. The number of anilines is 1. The average molecular weight is 324 g/mol. The lowest BCUT2D eigenvalue weighted by molar-refractivity contribution is -0.123. The number of carbonyl (C=O) groups is 2. The number of hydrogen-bond acceptors (Lipinski definition) is 3. The molecule has 0 atom stereocenters. The molecule has 0 saturated heterocycles. The van der Waals surface area contributed by atoms with Crippen LogP contribution in [-0.4, -0.2) is 23.2 Å². The van der Waals surface area contributed by atoms with Crippen molar-refractivity contribution in [3.63, 3.8) is 0 Å². The summed E-state index contributed by atoms with van der Waals surface area (Å²) in [5.74, 6) is -1.05. The van der Waals surface area contributed by atoms with E-state index in [1.165, 1.54) is 12.1 Å². The van der Waals surface area contributed by atoms with Crippen molar-refractivity contribution in [2.75, 3.05) is 5.32 Å². The Balaban J connectivity index is 2.16. The molecule has 0 fully saturated rings. The second-order valence-corrected chi connectivity index (χ2v) is 6.44. The van der Waals surface area contributed by atoms with Crippen LogP contribution in [0.5, 0.6) is 0 Å². The molecule has 0 heterocycles. The smallest absolute Gasteiger partial charge is 0.335 e. The lowest BCUT2D eigenvalue weighted by Gasteiger charge is -2.17. The largest absolute Gasteiger partial charge is 0.478 e. The zero-order valence-corrected chi connectivity index (χ0v) is 13.9. The highest BCUT2D eigenvalue weighted by molar-refractivity contribution is 5.95. The van der Waals surface area contributed by atoms with Gasteiger partial charge in [0.05, 0.1) is 11.3 Å². The van der Waals surface area contributed by atoms with E-state index in [9.17, 15) is 9.59 Å². The van der Waals surface area contributed by atoms with Crippen LogP contribution in [0.25, 0.3) is 0 Å². The first-order valence-electron chi connectivity index (χ1n) is 7.55. The molecule has 5 nitrogen and oxygen atoms in total. The third kappa shape index (κ3) is 4.78. The number of carboxylic acid groups (broad SMARTS) is 1. The van der Waals surface area contributed by atoms with Gasteiger partial charge in [0, 0.05) is 17.3 Å². The molecule has 0 saturated carbocycles. The Morgan fingerprint density at radius 2 is 1.79 bits per heavy atom. The molecule has 2 aromatic carbocycles. The fourth-order valence-corrected chi connectivity index (χ4v) is 1.88. The van der Waals surface area contributed by atoms with Crippen molar-refractivity contribution in [1.82, 2.24) is 0 Å². The molecule has 0 radical (unpaired) electrons. The number of nitrogens with zero attached hydrogens (tertiary/aromatic N) is 1. The van der Waals surface area contributed by atoms with Crippen molar-refractivity contribution in [3.05, 3.63) is 59.7 Å². The summed E-state index contributed by atoms with van der Waals surface area (Å²) in [4.78, 5) is 27.3. The van der Waals surface area contributed by atoms with Crippen LogP contribution < -0.4 is 5.32 Å². The number of benzene rings is 2. The van der Waals surface area contributed by atoms with Gasteiger partial charge in [-0.1, -0.05) is 39.0 Å². The predicted molar refractivity (Wildman–Crippen MR) is 95.2 cm³/mol. The molecule has 0 unspecified atom stereocenters. The molecular formula is C19H20N2O3. The minimum atomic E-state index is -0.987. The van der Waals surface area contributed by atoms with Crippen molar-refractivity contribution in [2.45, 2.75) is 20.8 Å². The van der Waals surface area contributed by atoms with Gasteiger partial charge in [0.2, 0.25) is 5.91 Å². The highest BCUT2D eigenvalue weighted by atomic mass is 16.4. The first-order valence-corrected chi connectivity index (χ1v) is 7.55. The molecule has 0 aromatic heterocycles. The van der Waals surface area contributed by atoms with Crippen molar-refractivity contribution in [3.8, 4) is 0 Å². The van der Waals surface area contributed by atoms with E-state index in [0.29, 0.717) is 11.4 Å². The zero-order chi connectivity index (χ0) is 17.7. The lowest BCUT2D eigenvalue weighted by Crippen LogP contribution is -2.27. The number of carboxylic acids is 1. The van der Waals surface area contributed by atoms with Gasteiger partial charge in [0.1, 0.15) is 0 Å². The van der Waals surface area contributed by atoms with Gasteiger partial charge >= 0.3 is 5.97 Å². The van der Waals surface area contributed by atoms with Crippen LogP contribution >= 0.6 is 0 Å². The van der Waals surface area contributed by atoms with Crippen LogP contribution in [0.3, 0.4) is 0 Å². The lowest BCUT2D eigenvalue weighted by atomic mass is 9.95.